The number of hydrogen-bond donors (Lipinski definition) is 1. The second kappa shape index (κ2) is 7.87. The van der Waals surface area contributed by atoms with Gasteiger partial charge >= 0.3 is 0 Å². The molecule has 18 heavy (non-hydrogen) atoms. The van der Waals surface area contributed by atoms with Crippen LogP contribution in [0.2, 0.25) is 0 Å². The summed E-state index contributed by atoms with van der Waals surface area (Å²) in [6.07, 6.45) is 8.15. The Balaban J connectivity index is 2.60. The third kappa shape index (κ3) is 7.06. The molecule has 6 heteroatoms. The van der Waals surface area contributed by atoms with E-state index in [2.05, 4.69) is 20.5 Å². The second-order valence-corrected chi connectivity index (χ2v) is 4.75. The van der Waals surface area contributed by atoms with Gasteiger partial charge in [-0.1, -0.05) is 18.5 Å². The number of hydrogen-bond acceptors (Lipinski definition) is 2. The minimum atomic E-state index is 0.396. The van der Waals surface area contributed by atoms with Gasteiger partial charge in [0.1, 0.15) is 0 Å². The van der Waals surface area contributed by atoms with Gasteiger partial charge in [0.2, 0.25) is 0 Å². The summed E-state index contributed by atoms with van der Waals surface area (Å²) < 4.78 is 0. The van der Waals surface area contributed by atoms with Crippen molar-refractivity contribution < 1.29 is 0 Å². The van der Waals surface area contributed by atoms with Gasteiger partial charge in [0.05, 0.1) is 6.34 Å². The highest BCUT2D eigenvalue weighted by Crippen LogP contribution is 2.18. The number of nitrogens with zero attached hydrogens (tertiary/aromatic N) is 4. The molecule has 0 unspecified atom stereocenters. The molecule has 0 bridgehead atoms. The summed E-state index contributed by atoms with van der Waals surface area (Å²) in [6, 6.07) is 0.486. The van der Waals surface area contributed by atoms with Crippen LogP contribution in [-0.2, 0) is 0 Å². The van der Waals surface area contributed by atoms with Gasteiger partial charge in [0, 0.05) is 31.4 Å². The van der Waals surface area contributed by atoms with Crippen LogP contribution in [0.3, 0.4) is 0 Å². The number of allylic oxidation sites excluding steroid dienone is 2. The predicted octanol–water partition coefficient (Wildman–Crippen LogP) is 2.20. The lowest BCUT2D eigenvalue weighted by Crippen LogP contribution is -2.13. The average Bonchev–Trinajstić information content (AvgIpc) is 3.15. The first kappa shape index (κ1) is 14.7. The zero-order chi connectivity index (χ0) is 13.4. The van der Waals surface area contributed by atoms with Crippen LogP contribution in [0.15, 0.2) is 26.2 Å². The Hall–Kier alpha value is -1.36. The van der Waals surface area contributed by atoms with Crippen LogP contribution in [0.1, 0.15) is 26.2 Å². The van der Waals surface area contributed by atoms with Gasteiger partial charge in [-0.05, 0) is 25.3 Å². The van der Waals surface area contributed by atoms with Crippen LogP contribution in [0, 0.1) is 0 Å². The Kier molecular flexibility index (Phi) is 6.43. The van der Waals surface area contributed by atoms with E-state index in [0.29, 0.717) is 12.0 Å². The second-order valence-electron chi connectivity index (χ2n) is 4.27. The van der Waals surface area contributed by atoms with Crippen molar-refractivity contribution in [2.45, 2.75) is 32.2 Å². The highest BCUT2D eigenvalue weighted by molar-refractivity contribution is 6.30. The molecule has 0 aliphatic heterocycles. The van der Waals surface area contributed by atoms with Crippen LogP contribution in [-0.4, -0.2) is 43.5 Å². The summed E-state index contributed by atoms with van der Waals surface area (Å²) >= 11 is 5.88. The van der Waals surface area contributed by atoms with E-state index in [1.807, 2.05) is 25.9 Å². The van der Waals surface area contributed by atoms with Crippen molar-refractivity contribution >= 4 is 30.1 Å². The van der Waals surface area contributed by atoms with Gasteiger partial charge in [-0.25, -0.2) is 9.98 Å². The van der Waals surface area contributed by atoms with E-state index in [4.69, 9.17) is 11.6 Å². The Morgan fingerprint density at radius 1 is 1.39 bits per heavy atom. The third-order valence-electron chi connectivity index (χ3n) is 2.11. The molecular formula is C12H20ClN5. The maximum absolute atomic E-state index is 5.88. The fraction of sp³-hybridized carbons (Fsp3) is 0.583. The van der Waals surface area contributed by atoms with Gasteiger partial charge in [-0.3, -0.25) is 0 Å². The van der Waals surface area contributed by atoms with Gasteiger partial charge in [0.15, 0.2) is 0 Å². The number of hydrazone groups is 1. The quantitative estimate of drug-likeness (QED) is 0.473. The van der Waals surface area contributed by atoms with Gasteiger partial charge < -0.3 is 10.3 Å². The molecular weight excluding hydrogens is 250 g/mol. The van der Waals surface area contributed by atoms with E-state index >= 15 is 0 Å². The van der Waals surface area contributed by atoms with E-state index in [0.717, 1.165) is 11.5 Å². The molecule has 1 saturated carbocycles. The van der Waals surface area contributed by atoms with E-state index in [1.165, 1.54) is 12.8 Å². The number of halogens is 1. The first-order valence-electron chi connectivity index (χ1n) is 6.04. The zero-order valence-electron chi connectivity index (χ0n) is 11.1. The van der Waals surface area contributed by atoms with E-state index < -0.39 is 0 Å². The van der Waals surface area contributed by atoms with Crippen LogP contribution in [0.25, 0.3) is 0 Å². The van der Waals surface area contributed by atoms with Crippen molar-refractivity contribution in [1.82, 2.24) is 10.3 Å². The van der Waals surface area contributed by atoms with E-state index in [9.17, 15) is 0 Å². The lowest BCUT2D eigenvalue weighted by Gasteiger charge is -2.02. The molecule has 0 amide bonds. The minimum Gasteiger partial charge on any atom is -0.369 e. The highest BCUT2D eigenvalue weighted by Gasteiger charge is 2.20. The molecule has 0 aromatic heterocycles. The predicted molar refractivity (Wildman–Crippen MR) is 78.5 cm³/mol. The molecule has 1 aliphatic carbocycles. The molecule has 0 aromatic carbocycles. The van der Waals surface area contributed by atoms with Crippen molar-refractivity contribution in [1.29, 1.82) is 0 Å². The van der Waals surface area contributed by atoms with Crippen LogP contribution >= 0.6 is 11.6 Å². The Bertz CT molecular complexity index is 367. The van der Waals surface area contributed by atoms with Gasteiger partial charge in [-0.15, -0.1) is 5.10 Å². The van der Waals surface area contributed by atoms with E-state index in [-0.39, 0.29) is 0 Å². The number of rotatable bonds is 5. The fourth-order valence-electron chi connectivity index (χ4n) is 0.922. The van der Waals surface area contributed by atoms with Crippen molar-refractivity contribution in [3.05, 3.63) is 11.1 Å². The molecule has 1 N–H and O–H groups in total. The fourth-order valence-corrected chi connectivity index (χ4v) is 0.979. The summed E-state index contributed by atoms with van der Waals surface area (Å²) in [6.45, 7) is 1.99. The van der Waals surface area contributed by atoms with Gasteiger partial charge in [-0.2, -0.15) is 0 Å². The Morgan fingerprint density at radius 3 is 2.67 bits per heavy atom. The molecule has 100 valence electrons. The van der Waals surface area contributed by atoms with Crippen LogP contribution in [0.4, 0.5) is 0 Å². The normalized spacial score (nSPS) is 17.8. The topological polar surface area (TPSA) is 52.4 Å². The molecule has 1 aliphatic rings. The molecule has 0 aromatic rings. The molecule has 5 nitrogen and oxygen atoms in total. The summed E-state index contributed by atoms with van der Waals surface area (Å²) in [5.41, 5.74) is 3.02. The summed E-state index contributed by atoms with van der Waals surface area (Å²) in [5, 5.41) is 4.91. The van der Waals surface area contributed by atoms with Crippen molar-refractivity contribution in [2.24, 2.45) is 15.1 Å². The van der Waals surface area contributed by atoms with E-state index in [1.54, 1.807) is 18.6 Å². The van der Waals surface area contributed by atoms with Gasteiger partial charge in [0.25, 0.3) is 5.96 Å². The third-order valence-corrected chi connectivity index (χ3v) is 2.51. The summed E-state index contributed by atoms with van der Waals surface area (Å²) in [5.74, 6) is 0.396. The maximum atomic E-state index is 5.88. The minimum absolute atomic E-state index is 0.396. The highest BCUT2D eigenvalue weighted by atomic mass is 35.5. The first-order chi connectivity index (χ1) is 8.61. The molecule has 0 spiro atoms. The lowest BCUT2D eigenvalue weighted by atomic mass is 10.4. The Labute approximate surface area is 113 Å². The summed E-state index contributed by atoms with van der Waals surface area (Å²) in [7, 11) is 3.79. The largest absolute Gasteiger partial charge is 0.369 e. The first-order valence-corrected chi connectivity index (χ1v) is 6.42. The molecule has 0 radical (unpaired) electrons. The van der Waals surface area contributed by atoms with Crippen LogP contribution < -0.4 is 5.43 Å². The molecule has 1 rings (SSSR count). The lowest BCUT2D eigenvalue weighted by molar-refractivity contribution is 0.643. The van der Waals surface area contributed by atoms with Crippen molar-refractivity contribution in [3.8, 4) is 0 Å². The monoisotopic (exact) mass is 269 g/mol. The van der Waals surface area contributed by atoms with Crippen molar-refractivity contribution in [2.75, 3.05) is 14.1 Å². The molecule has 1 fully saturated rings. The average molecular weight is 270 g/mol. The number of nitrogens with one attached hydrogen (secondary N) is 1. The molecule has 0 saturated heterocycles. The summed E-state index contributed by atoms with van der Waals surface area (Å²) in [4.78, 5) is 10.2. The zero-order valence-corrected chi connectivity index (χ0v) is 11.9. The number of guanidine groups is 1. The standard InChI is InChI=1S/C12H20ClN5/c1-4-10(13)7-8-14-12(15-9-18(2)3)17-16-11-5-6-11/h7-9,11,16H,4-6H2,1-3H3/b10-7+,14-8-,15-9?,17-12-. The maximum Gasteiger partial charge on any atom is 0.267 e. The SMILES string of the molecule is CC\C(Cl)=C/C=N\C(N=CN(C)C)=N\NC1CC1. The van der Waals surface area contributed by atoms with Crippen molar-refractivity contribution in [3.63, 3.8) is 0 Å². The number of aliphatic imine (C=N–C) groups is 2. The van der Waals surface area contributed by atoms with Crippen LogP contribution in [0.5, 0.6) is 0 Å². The Morgan fingerprint density at radius 2 is 2.11 bits per heavy atom. The molecule has 0 atom stereocenters. The smallest absolute Gasteiger partial charge is 0.267 e. The molecule has 0 heterocycles.